The number of aliphatic imine (C=N–C) groups is 1. The first-order chi connectivity index (χ1) is 9.60. The molecule has 21 heavy (non-hydrogen) atoms. The molecule has 2 heterocycles. The number of rotatable bonds is 3. The number of piperidine rings is 1. The van der Waals surface area contributed by atoms with Crippen molar-refractivity contribution in [3.8, 4) is 0 Å². The molecular weight excluding hydrogens is 421 g/mol. The third-order valence-corrected chi connectivity index (χ3v) is 5.00. The number of halogens is 2. The van der Waals surface area contributed by atoms with Crippen molar-refractivity contribution in [2.24, 2.45) is 10.9 Å². The van der Waals surface area contributed by atoms with E-state index in [1.807, 2.05) is 12.1 Å². The fourth-order valence-corrected chi connectivity index (χ4v) is 3.40. The van der Waals surface area contributed by atoms with Gasteiger partial charge in [0.1, 0.15) is 6.10 Å². The van der Waals surface area contributed by atoms with Gasteiger partial charge < -0.3 is 15.3 Å². The van der Waals surface area contributed by atoms with Crippen molar-refractivity contribution in [2.75, 3.05) is 26.7 Å². The Morgan fingerprint density at radius 2 is 2.19 bits per heavy atom. The number of nitrogens with zero attached hydrogens (tertiary/aromatic N) is 2. The summed E-state index contributed by atoms with van der Waals surface area (Å²) in [5.41, 5.74) is 0. The number of aliphatic hydroxyl groups excluding tert-OH is 1. The van der Waals surface area contributed by atoms with Crippen LogP contribution in [0, 0.1) is 5.92 Å². The molecule has 1 saturated heterocycles. The highest BCUT2D eigenvalue weighted by Gasteiger charge is 2.19. The second kappa shape index (κ2) is 9.17. The molecular formula is C14H23ClIN3OS. The standard InChI is InChI=1S/C14H22ClN3OS.HI/c1-10-5-7-18(8-6-10)14(16-2)17-9-11(19)12-3-4-13(15)20-12;/h3-4,10-11,19H,5-9H2,1-2H3,(H,16,17);1H. The Hall–Kier alpha value is -0.0500. The lowest BCUT2D eigenvalue weighted by molar-refractivity contribution is 0.181. The van der Waals surface area contributed by atoms with Gasteiger partial charge in [0.05, 0.1) is 4.34 Å². The van der Waals surface area contributed by atoms with E-state index in [4.69, 9.17) is 11.6 Å². The predicted molar refractivity (Wildman–Crippen MR) is 101 cm³/mol. The topological polar surface area (TPSA) is 47.9 Å². The number of hydrogen-bond donors (Lipinski definition) is 2. The van der Waals surface area contributed by atoms with Gasteiger partial charge in [-0.1, -0.05) is 18.5 Å². The maximum Gasteiger partial charge on any atom is 0.193 e. The highest BCUT2D eigenvalue weighted by atomic mass is 127. The Labute approximate surface area is 152 Å². The van der Waals surface area contributed by atoms with Gasteiger partial charge in [0, 0.05) is 31.6 Å². The lowest BCUT2D eigenvalue weighted by Gasteiger charge is -2.33. The molecule has 7 heteroatoms. The molecule has 1 aliphatic rings. The molecule has 1 atom stereocenters. The van der Waals surface area contributed by atoms with E-state index in [1.165, 1.54) is 24.2 Å². The Bertz CT molecular complexity index is 461. The van der Waals surface area contributed by atoms with Gasteiger partial charge in [-0.15, -0.1) is 35.3 Å². The number of aliphatic hydroxyl groups is 1. The van der Waals surface area contributed by atoms with Crippen LogP contribution in [0.4, 0.5) is 0 Å². The smallest absolute Gasteiger partial charge is 0.193 e. The van der Waals surface area contributed by atoms with Crippen molar-refractivity contribution in [2.45, 2.75) is 25.9 Å². The third-order valence-electron chi connectivity index (χ3n) is 3.67. The summed E-state index contributed by atoms with van der Waals surface area (Å²) in [6, 6.07) is 3.68. The Morgan fingerprint density at radius 3 is 2.71 bits per heavy atom. The number of thiophene rings is 1. The molecule has 1 unspecified atom stereocenters. The third kappa shape index (κ3) is 5.58. The van der Waals surface area contributed by atoms with Gasteiger partial charge in [-0.3, -0.25) is 4.99 Å². The van der Waals surface area contributed by atoms with Gasteiger partial charge in [-0.25, -0.2) is 0 Å². The molecule has 0 amide bonds. The fraction of sp³-hybridized carbons (Fsp3) is 0.643. The maximum absolute atomic E-state index is 10.1. The van der Waals surface area contributed by atoms with E-state index < -0.39 is 6.10 Å². The van der Waals surface area contributed by atoms with E-state index in [0.29, 0.717) is 10.9 Å². The highest BCUT2D eigenvalue weighted by molar-refractivity contribution is 14.0. The lowest BCUT2D eigenvalue weighted by atomic mass is 10.00. The normalized spacial score (nSPS) is 18.3. The first-order valence-electron chi connectivity index (χ1n) is 6.99. The summed E-state index contributed by atoms with van der Waals surface area (Å²) in [4.78, 5) is 7.44. The zero-order valence-corrected chi connectivity index (χ0v) is 16.3. The number of guanidine groups is 1. The van der Waals surface area contributed by atoms with E-state index in [1.54, 1.807) is 7.05 Å². The molecule has 0 radical (unpaired) electrons. The first kappa shape index (κ1) is 19.0. The molecule has 1 aromatic heterocycles. The molecule has 4 nitrogen and oxygen atoms in total. The van der Waals surface area contributed by atoms with Gasteiger partial charge in [0.2, 0.25) is 0 Å². The van der Waals surface area contributed by atoms with Crippen molar-refractivity contribution >= 4 is 52.9 Å². The van der Waals surface area contributed by atoms with Crippen LogP contribution < -0.4 is 5.32 Å². The number of nitrogens with one attached hydrogen (secondary N) is 1. The van der Waals surface area contributed by atoms with Crippen LogP contribution in [-0.4, -0.2) is 42.6 Å². The van der Waals surface area contributed by atoms with Gasteiger partial charge >= 0.3 is 0 Å². The van der Waals surface area contributed by atoms with Crippen LogP contribution >= 0.6 is 46.9 Å². The molecule has 120 valence electrons. The van der Waals surface area contributed by atoms with Crippen molar-refractivity contribution < 1.29 is 5.11 Å². The van der Waals surface area contributed by atoms with Gasteiger partial charge in [-0.05, 0) is 30.9 Å². The maximum atomic E-state index is 10.1. The summed E-state index contributed by atoms with van der Waals surface area (Å²) < 4.78 is 0.702. The highest BCUT2D eigenvalue weighted by Crippen LogP contribution is 2.26. The van der Waals surface area contributed by atoms with Crippen molar-refractivity contribution in [1.82, 2.24) is 10.2 Å². The van der Waals surface area contributed by atoms with Crippen molar-refractivity contribution in [3.05, 3.63) is 21.3 Å². The molecule has 0 bridgehead atoms. The first-order valence-corrected chi connectivity index (χ1v) is 8.18. The van der Waals surface area contributed by atoms with Crippen LogP contribution in [0.2, 0.25) is 4.34 Å². The second-order valence-corrected chi connectivity index (χ2v) is 7.00. The summed E-state index contributed by atoms with van der Waals surface area (Å²) in [6.45, 7) is 4.80. The monoisotopic (exact) mass is 443 g/mol. The molecule has 0 aliphatic carbocycles. The average Bonchev–Trinajstić information content (AvgIpc) is 2.88. The molecule has 1 fully saturated rings. The molecule has 2 N–H and O–H groups in total. The Morgan fingerprint density at radius 1 is 1.52 bits per heavy atom. The zero-order chi connectivity index (χ0) is 14.5. The van der Waals surface area contributed by atoms with Crippen LogP contribution in [0.25, 0.3) is 0 Å². The van der Waals surface area contributed by atoms with Crippen LogP contribution in [0.1, 0.15) is 30.7 Å². The molecule has 0 spiro atoms. The quantitative estimate of drug-likeness (QED) is 0.428. The molecule has 2 rings (SSSR count). The summed E-state index contributed by atoms with van der Waals surface area (Å²) in [5, 5.41) is 13.4. The Kier molecular flexibility index (Phi) is 8.30. The van der Waals surface area contributed by atoms with Crippen LogP contribution in [0.3, 0.4) is 0 Å². The second-order valence-electron chi connectivity index (χ2n) is 5.26. The summed E-state index contributed by atoms with van der Waals surface area (Å²) in [6.07, 6.45) is 1.85. The predicted octanol–water partition coefficient (Wildman–Crippen LogP) is 3.36. The summed E-state index contributed by atoms with van der Waals surface area (Å²) in [7, 11) is 1.79. The minimum atomic E-state index is -0.548. The summed E-state index contributed by atoms with van der Waals surface area (Å²) >= 11 is 7.30. The van der Waals surface area contributed by atoms with E-state index in [9.17, 15) is 5.11 Å². The average molecular weight is 444 g/mol. The molecule has 0 aromatic carbocycles. The lowest BCUT2D eigenvalue weighted by Crippen LogP contribution is -2.46. The van der Waals surface area contributed by atoms with Crippen LogP contribution in [-0.2, 0) is 0 Å². The number of hydrogen-bond acceptors (Lipinski definition) is 3. The largest absolute Gasteiger partial charge is 0.386 e. The van der Waals surface area contributed by atoms with Crippen LogP contribution in [0.15, 0.2) is 17.1 Å². The minimum absolute atomic E-state index is 0. The van der Waals surface area contributed by atoms with Crippen molar-refractivity contribution in [3.63, 3.8) is 0 Å². The number of likely N-dealkylation sites (tertiary alicyclic amines) is 1. The molecule has 0 saturated carbocycles. The molecule has 1 aliphatic heterocycles. The van der Waals surface area contributed by atoms with E-state index in [-0.39, 0.29) is 24.0 Å². The zero-order valence-electron chi connectivity index (χ0n) is 12.4. The SMILES string of the molecule is CN=C(NCC(O)c1ccc(Cl)s1)N1CCC(C)CC1.I. The van der Waals surface area contributed by atoms with Gasteiger partial charge in [-0.2, -0.15) is 0 Å². The van der Waals surface area contributed by atoms with Crippen LogP contribution in [0.5, 0.6) is 0 Å². The van der Waals surface area contributed by atoms with Gasteiger partial charge in [0.15, 0.2) is 5.96 Å². The minimum Gasteiger partial charge on any atom is -0.386 e. The molecule has 1 aromatic rings. The summed E-state index contributed by atoms with van der Waals surface area (Å²) in [5.74, 6) is 1.67. The van der Waals surface area contributed by atoms with E-state index in [0.717, 1.165) is 29.8 Å². The Balaban J connectivity index is 0.00000220. The van der Waals surface area contributed by atoms with Crippen molar-refractivity contribution in [1.29, 1.82) is 0 Å². The van der Waals surface area contributed by atoms with E-state index in [2.05, 4.69) is 22.1 Å². The van der Waals surface area contributed by atoms with Gasteiger partial charge in [0.25, 0.3) is 0 Å². The fourth-order valence-electron chi connectivity index (χ4n) is 2.35. The van der Waals surface area contributed by atoms with E-state index >= 15 is 0 Å².